The molecule has 0 fully saturated rings. The fourth-order valence-electron chi connectivity index (χ4n) is 4.49. The predicted molar refractivity (Wildman–Crippen MR) is 166 cm³/mol. The van der Waals surface area contributed by atoms with E-state index in [0.717, 1.165) is 9.87 Å². The minimum atomic E-state index is -4.26. The van der Waals surface area contributed by atoms with E-state index in [1.807, 2.05) is 20.8 Å². The third-order valence-corrected chi connectivity index (χ3v) is 8.62. The van der Waals surface area contributed by atoms with Gasteiger partial charge in [0.05, 0.1) is 31.9 Å². The van der Waals surface area contributed by atoms with Crippen LogP contribution >= 0.6 is 0 Å². The van der Waals surface area contributed by atoms with Crippen molar-refractivity contribution in [2.45, 2.75) is 44.7 Å². The molecule has 2 amide bonds. The number of benzene rings is 3. The molecule has 0 aliphatic rings. The van der Waals surface area contributed by atoms with Crippen LogP contribution in [0.15, 0.2) is 77.7 Å². The van der Waals surface area contributed by atoms with Crippen molar-refractivity contribution in [2.75, 3.05) is 38.7 Å². The SMILES string of the molecule is CCC(C(=O)NCC(C)C)N(Cc1ccc(OC)cc1)C(=O)CN(c1cc(OC)ccc1OC)S(=O)(=O)c1ccccc1. The standard InChI is InChI=1S/C32H41N3O7S/c1-7-28(32(37)33-20-23(2)3)34(21-24-13-15-25(40-4)16-14-24)31(36)22-35(43(38,39)27-11-9-8-10-12-27)29-19-26(41-5)17-18-30(29)42-6/h8-19,23,28H,7,20-22H2,1-6H3,(H,33,37). The number of carbonyl (C=O) groups excluding carboxylic acids is 2. The summed E-state index contributed by atoms with van der Waals surface area (Å²) in [4.78, 5) is 29.1. The van der Waals surface area contributed by atoms with E-state index in [1.54, 1.807) is 61.7 Å². The van der Waals surface area contributed by atoms with Gasteiger partial charge in [-0.3, -0.25) is 13.9 Å². The maximum Gasteiger partial charge on any atom is 0.264 e. The van der Waals surface area contributed by atoms with Gasteiger partial charge in [0.25, 0.3) is 10.0 Å². The topological polar surface area (TPSA) is 114 Å². The van der Waals surface area contributed by atoms with Gasteiger partial charge in [0.1, 0.15) is 29.8 Å². The van der Waals surface area contributed by atoms with Crippen molar-refractivity contribution in [1.82, 2.24) is 10.2 Å². The first kappa shape index (κ1) is 33.3. The van der Waals surface area contributed by atoms with E-state index in [1.165, 1.54) is 37.3 Å². The maximum atomic E-state index is 14.3. The minimum absolute atomic E-state index is 0.00362. The van der Waals surface area contributed by atoms with Gasteiger partial charge in [0.15, 0.2) is 0 Å². The van der Waals surface area contributed by atoms with E-state index in [-0.39, 0.29) is 34.7 Å². The highest BCUT2D eigenvalue weighted by atomic mass is 32.2. The van der Waals surface area contributed by atoms with Crippen molar-refractivity contribution >= 4 is 27.5 Å². The highest BCUT2D eigenvalue weighted by molar-refractivity contribution is 7.92. The molecule has 1 N–H and O–H groups in total. The van der Waals surface area contributed by atoms with Gasteiger partial charge >= 0.3 is 0 Å². The van der Waals surface area contributed by atoms with Crippen LogP contribution in [0.2, 0.25) is 0 Å². The van der Waals surface area contributed by atoms with Crippen molar-refractivity contribution in [2.24, 2.45) is 5.92 Å². The molecular formula is C32H41N3O7S. The minimum Gasteiger partial charge on any atom is -0.497 e. The van der Waals surface area contributed by atoms with Crippen LogP contribution < -0.4 is 23.8 Å². The first-order valence-corrected chi connectivity index (χ1v) is 15.5. The largest absolute Gasteiger partial charge is 0.497 e. The Hall–Kier alpha value is -4.25. The van der Waals surface area contributed by atoms with Gasteiger partial charge in [-0.1, -0.05) is 51.1 Å². The third-order valence-electron chi connectivity index (χ3n) is 6.85. The lowest BCUT2D eigenvalue weighted by Gasteiger charge is -2.33. The number of sulfonamides is 1. The monoisotopic (exact) mass is 611 g/mol. The number of nitrogens with zero attached hydrogens (tertiary/aromatic N) is 2. The Morgan fingerprint density at radius 2 is 1.49 bits per heavy atom. The molecular weight excluding hydrogens is 570 g/mol. The molecule has 0 aliphatic heterocycles. The molecule has 10 nitrogen and oxygen atoms in total. The van der Waals surface area contributed by atoms with Gasteiger partial charge in [0.2, 0.25) is 11.8 Å². The smallest absolute Gasteiger partial charge is 0.264 e. The van der Waals surface area contributed by atoms with Crippen molar-refractivity contribution in [3.05, 3.63) is 78.4 Å². The molecule has 0 radical (unpaired) electrons. The van der Waals surface area contributed by atoms with Gasteiger partial charge in [-0.25, -0.2) is 8.42 Å². The second-order valence-corrected chi connectivity index (χ2v) is 12.2. The second-order valence-electron chi connectivity index (χ2n) is 10.3. The Balaban J connectivity index is 2.12. The molecule has 232 valence electrons. The fraction of sp³-hybridized carbons (Fsp3) is 0.375. The summed E-state index contributed by atoms with van der Waals surface area (Å²) in [5, 5.41) is 2.93. The van der Waals surface area contributed by atoms with Crippen molar-refractivity contribution in [3.8, 4) is 17.2 Å². The van der Waals surface area contributed by atoms with Crippen LogP contribution in [-0.2, 0) is 26.2 Å². The first-order valence-electron chi connectivity index (χ1n) is 14.1. The number of methoxy groups -OCH3 is 3. The van der Waals surface area contributed by atoms with E-state index in [0.29, 0.717) is 24.5 Å². The predicted octanol–water partition coefficient (Wildman–Crippen LogP) is 4.49. The fourth-order valence-corrected chi connectivity index (χ4v) is 5.93. The number of ether oxygens (including phenoxy) is 3. The van der Waals surface area contributed by atoms with E-state index >= 15 is 0 Å². The number of rotatable bonds is 15. The Labute approximate surface area is 254 Å². The molecule has 1 unspecified atom stereocenters. The van der Waals surface area contributed by atoms with Crippen LogP contribution in [0.4, 0.5) is 5.69 Å². The molecule has 1 atom stereocenters. The molecule has 0 aromatic heterocycles. The second kappa shape index (κ2) is 15.3. The zero-order chi connectivity index (χ0) is 31.6. The Morgan fingerprint density at radius 3 is 2.05 bits per heavy atom. The van der Waals surface area contributed by atoms with E-state index < -0.39 is 28.5 Å². The average Bonchev–Trinajstić information content (AvgIpc) is 3.02. The number of hydrogen-bond acceptors (Lipinski definition) is 7. The normalized spacial score (nSPS) is 11.9. The zero-order valence-electron chi connectivity index (χ0n) is 25.6. The van der Waals surface area contributed by atoms with Gasteiger partial charge in [-0.15, -0.1) is 0 Å². The van der Waals surface area contributed by atoms with Gasteiger partial charge in [0, 0.05) is 19.2 Å². The Morgan fingerprint density at radius 1 is 0.860 bits per heavy atom. The molecule has 3 rings (SSSR count). The van der Waals surface area contributed by atoms with Gasteiger partial charge in [-0.05, 0) is 54.3 Å². The lowest BCUT2D eigenvalue weighted by molar-refractivity contribution is -0.140. The van der Waals surface area contributed by atoms with Crippen molar-refractivity contribution < 1.29 is 32.2 Å². The molecule has 43 heavy (non-hydrogen) atoms. The van der Waals surface area contributed by atoms with Crippen LogP contribution in [0.1, 0.15) is 32.8 Å². The summed E-state index contributed by atoms with van der Waals surface area (Å²) >= 11 is 0. The first-order chi connectivity index (χ1) is 20.5. The lowest BCUT2D eigenvalue weighted by atomic mass is 10.1. The van der Waals surface area contributed by atoms with Crippen molar-refractivity contribution in [1.29, 1.82) is 0 Å². The summed E-state index contributed by atoms with van der Waals surface area (Å²) in [7, 11) is 0.181. The number of amides is 2. The van der Waals surface area contributed by atoms with E-state index in [4.69, 9.17) is 14.2 Å². The summed E-state index contributed by atoms with van der Waals surface area (Å²) in [5.41, 5.74) is 0.876. The third kappa shape index (κ3) is 8.41. The number of anilines is 1. The number of hydrogen-bond donors (Lipinski definition) is 1. The molecule has 3 aromatic rings. The molecule has 0 saturated carbocycles. The molecule has 0 aliphatic carbocycles. The molecule has 0 spiro atoms. The summed E-state index contributed by atoms with van der Waals surface area (Å²) < 4.78 is 45.4. The van der Waals surface area contributed by atoms with Crippen LogP contribution in [-0.4, -0.2) is 65.6 Å². The highest BCUT2D eigenvalue weighted by Crippen LogP contribution is 2.36. The summed E-state index contributed by atoms with van der Waals surface area (Å²) in [5.74, 6) is 0.594. The maximum absolute atomic E-state index is 14.3. The average molecular weight is 612 g/mol. The van der Waals surface area contributed by atoms with E-state index in [9.17, 15) is 18.0 Å². The molecule has 0 saturated heterocycles. The van der Waals surface area contributed by atoms with Crippen LogP contribution in [0, 0.1) is 5.92 Å². The summed E-state index contributed by atoms with van der Waals surface area (Å²) in [6.07, 6.45) is 0.319. The Kier molecular flexibility index (Phi) is 11.8. The summed E-state index contributed by atoms with van der Waals surface area (Å²) in [6, 6.07) is 18.9. The van der Waals surface area contributed by atoms with Crippen LogP contribution in [0.5, 0.6) is 17.2 Å². The van der Waals surface area contributed by atoms with E-state index in [2.05, 4.69) is 5.32 Å². The Bertz CT molecular complexity index is 1460. The van der Waals surface area contributed by atoms with Gasteiger partial charge < -0.3 is 24.4 Å². The lowest BCUT2D eigenvalue weighted by Crippen LogP contribution is -2.52. The quantitative estimate of drug-likeness (QED) is 0.269. The zero-order valence-corrected chi connectivity index (χ0v) is 26.4. The number of nitrogens with one attached hydrogen (secondary N) is 1. The molecule has 0 bridgehead atoms. The van der Waals surface area contributed by atoms with Crippen molar-refractivity contribution in [3.63, 3.8) is 0 Å². The van der Waals surface area contributed by atoms with Crippen LogP contribution in [0.3, 0.4) is 0 Å². The number of carbonyl (C=O) groups is 2. The van der Waals surface area contributed by atoms with Gasteiger partial charge in [-0.2, -0.15) is 0 Å². The molecule has 3 aromatic carbocycles. The molecule has 0 heterocycles. The summed E-state index contributed by atoms with van der Waals surface area (Å²) in [6.45, 7) is 5.70. The molecule has 11 heteroatoms. The highest BCUT2D eigenvalue weighted by Gasteiger charge is 2.35. The van der Waals surface area contributed by atoms with Crippen LogP contribution in [0.25, 0.3) is 0 Å².